The number of para-hydroxylation sites is 1. The molecule has 1 aromatic carbocycles. The maximum atomic E-state index is 14.4. The van der Waals surface area contributed by atoms with Gasteiger partial charge in [-0.2, -0.15) is 0 Å². The monoisotopic (exact) mass is 857 g/mol. The molecule has 0 aliphatic carbocycles. The first-order valence-corrected chi connectivity index (χ1v) is 21.7. The maximum absolute atomic E-state index is 14.4. The Hall–Kier alpha value is -4.54. The Bertz CT molecular complexity index is 1780. The van der Waals surface area contributed by atoms with E-state index in [1.54, 1.807) is 37.0 Å². The van der Waals surface area contributed by atoms with Crippen LogP contribution in [0.1, 0.15) is 92.6 Å². The van der Waals surface area contributed by atoms with E-state index in [0.717, 1.165) is 16.5 Å². The Morgan fingerprint density at radius 1 is 0.934 bits per heavy atom. The first-order chi connectivity index (χ1) is 28.8. The molecule has 16 heteroatoms. The Labute approximate surface area is 361 Å². The summed E-state index contributed by atoms with van der Waals surface area (Å²) in [5.74, 6) is -4.73. The van der Waals surface area contributed by atoms with Crippen LogP contribution < -0.4 is 10.6 Å². The first-order valence-electron chi connectivity index (χ1n) is 21.7. The van der Waals surface area contributed by atoms with Crippen LogP contribution in [0, 0.1) is 23.7 Å². The number of ether oxygens (including phenoxy) is 2. The molecule has 16 nitrogen and oxygen atoms in total. The Morgan fingerprint density at radius 3 is 2.18 bits per heavy atom. The SMILES string of the molecule is CC[C@H](C)[C@@H]([C@@H](CC(=O)N1CCC[C@H]1[C@H](OC)[C@@H](C)C(=O)N[C@@H](Cc1c[nH]c2ccccc12)C(=O)O)OC)N(C)C(=O)[C@@H](NC(=O)[C@H](C(C)C)N(C)CCCC(=O)O)C(C)C. The summed E-state index contributed by atoms with van der Waals surface area (Å²) in [5.41, 5.74) is 1.63. The summed E-state index contributed by atoms with van der Waals surface area (Å²) in [6.07, 6.45) is 2.61. The molecular weight excluding hydrogens is 785 g/mol. The number of hydrogen-bond donors (Lipinski definition) is 5. The molecule has 3 rings (SSSR count). The number of fused-ring (bicyclic) bond motifs is 1. The second-order valence-corrected chi connectivity index (χ2v) is 17.4. The van der Waals surface area contributed by atoms with Gasteiger partial charge in [-0.25, -0.2) is 4.79 Å². The molecule has 4 amide bonds. The van der Waals surface area contributed by atoms with E-state index in [9.17, 15) is 33.9 Å². The molecule has 1 aliphatic heterocycles. The Morgan fingerprint density at radius 2 is 1.61 bits per heavy atom. The number of methoxy groups -OCH3 is 2. The molecule has 9 atom stereocenters. The van der Waals surface area contributed by atoms with Gasteiger partial charge in [0, 0.05) is 57.8 Å². The number of hydrogen-bond acceptors (Lipinski definition) is 9. The van der Waals surface area contributed by atoms with Gasteiger partial charge in [0.1, 0.15) is 12.1 Å². The van der Waals surface area contributed by atoms with Gasteiger partial charge in [0.15, 0.2) is 0 Å². The summed E-state index contributed by atoms with van der Waals surface area (Å²) in [4.78, 5) is 88.0. The number of carbonyl (C=O) groups excluding carboxylic acids is 4. The van der Waals surface area contributed by atoms with Crippen molar-refractivity contribution in [3.8, 4) is 0 Å². The van der Waals surface area contributed by atoms with Gasteiger partial charge in [-0.05, 0) is 62.2 Å². The molecule has 1 saturated heterocycles. The number of carboxylic acid groups (broad SMARTS) is 2. The lowest BCUT2D eigenvalue weighted by Gasteiger charge is -2.41. The van der Waals surface area contributed by atoms with Crippen molar-refractivity contribution in [3.05, 3.63) is 36.0 Å². The zero-order valence-corrected chi connectivity index (χ0v) is 38.1. The van der Waals surface area contributed by atoms with Crippen LogP contribution in [-0.2, 0) is 44.7 Å². The number of H-pyrrole nitrogens is 1. The van der Waals surface area contributed by atoms with Crippen molar-refractivity contribution in [2.45, 2.75) is 136 Å². The van der Waals surface area contributed by atoms with Gasteiger partial charge < -0.3 is 45.1 Å². The molecule has 61 heavy (non-hydrogen) atoms. The number of likely N-dealkylation sites (N-methyl/N-ethyl adjacent to an activating group) is 2. The number of aromatic amines is 1. The van der Waals surface area contributed by atoms with E-state index in [1.807, 2.05) is 70.7 Å². The fourth-order valence-corrected chi connectivity index (χ4v) is 8.93. The summed E-state index contributed by atoms with van der Waals surface area (Å²) < 4.78 is 11.9. The highest BCUT2D eigenvalue weighted by Gasteiger charge is 2.43. The van der Waals surface area contributed by atoms with Gasteiger partial charge in [0.2, 0.25) is 23.6 Å². The highest BCUT2D eigenvalue weighted by molar-refractivity contribution is 5.90. The molecular formula is C45H72N6O10. The Balaban J connectivity index is 1.77. The van der Waals surface area contributed by atoms with Gasteiger partial charge in [-0.15, -0.1) is 0 Å². The van der Waals surface area contributed by atoms with Crippen LogP contribution in [0.25, 0.3) is 10.9 Å². The maximum Gasteiger partial charge on any atom is 0.326 e. The van der Waals surface area contributed by atoms with Crippen molar-refractivity contribution in [2.75, 3.05) is 41.4 Å². The van der Waals surface area contributed by atoms with Gasteiger partial charge in [-0.3, -0.25) is 28.9 Å². The highest BCUT2D eigenvalue weighted by Crippen LogP contribution is 2.30. The van der Waals surface area contributed by atoms with Crippen LogP contribution in [0.4, 0.5) is 0 Å². The molecule has 1 aromatic heterocycles. The molecule has 1 fully saturated rings. The van der Waals surface area contributed by atoms with E-state index in [4.69, 9.17) is 14.6 Å². The number of nitrogens with zero attached hydrogens (tertiary/aromatic N) is 3. The number of rotatable bonds is 25. The van der Waals surface area contributed by atoms with Crippen LogP contribution in [0.15, 0.2) is 30.5 Å². The number of nitrogens with one attached hydrogen (secondary N) is 3. The fraction of sp³-hybridized carbons (Fsp3) is 0.689. The number of carboxylic acids is 2. The van der Waals surface area contributed by atoms with Crippen molar-refractivity contribution in [3.63, 3.8) is 0 Å². The molecule has 0 spiro atoms. The average molecular weight is 857 g/mol. The van der Waals surface area contributed by atoms with Crippen LogP contribution >= 0.6 is 0 Å². The number of benzene rings is 1. The summed E-state index contributed by atoms with van der Waals surface area (Å²) in [6.45, 7) is 14.0. The minimum Gasteiger partial charge on any atom is -0.481 e. The minimum atomic E-state index is -1.19. The standard InChI is InChI=1S/C45H72N6O10/c1-12-28(6)40(50(9)44(57)38(26(2)3)48-43(56)39(27(4)5)49(8)21-16-20-37(53)54)35(60-10)24-36(52)51-22-15-19-34(51)41(61-11)29(7)42(55)47-33(45(58)59)23-30-25-46-32-18-14-13-17-31(30)32/h13-14,17-18,25-29,33-35,38-41,46H,12,15-16,19-24H2,1-11H3,(H,47,55)(H,48,56)(H,53,54)(H,58,59)/t28-,29+,33-,34-,35+,38-,39-,40-,41+/m0/s1. The van der Waals surface area contributed by atoms with E-state index < -0.39 is 66.2 Å². The molecule has 1 aliphatic rings. The zero-order chi connectivity index (χ0) is 45.7. The van der Waals surface area contributed by atoms with E-state index in [1.165, 1.54) is 14.2 Å². The summed E-state index contributed by atoms with van der Waals surface area (Å²) in [7, 11) is 6.46. The predicted octanol–water partition coefficient (Wildman–Crippen LogP) is 4.16. The summed E-state index contributed by atoms with van der Waals surface area (Å²) in [6, 6.07) is 3.87. The number of carbonyl (C=O) groups is 6. The largest absolute Gasteiger partial charge is 0.481 e. The third-order valence-corrected chi connectivity index (χ3v) is 12.5. The van der Waals surface area contributed by atoms with Crippen molar-refractivity contribution in [2.24, 2.45) is 23.7 Å². The smallest absolute Gasteiger partial charge is 0.326 e. The van der Waals surface area contributed by atoms with Crippen molar-refractivity contribution < 1.29 is 48.5 Å². The van der Waals surface area contributed by atoms with E-state index in [0.29, 0.717) is 38.8 Å². The second-order valence-electron chi connectivity index (χ2n) is 17.4. The summed E-state index contributed by atoms with van der Waals surface area (Å²) in [5, 5.41) is 25.8. The normalized spacial score (nSPS) is 18.3. The minimum absolute atomic E-state index is 0.0148. The molecule has 0 bridgehead atoms. The van der Waals surface area contributed by atoms with Gasteiger partial charge in [-0.1, -0.05) is 73.1 Å². The van der Waals surface area contributed by atoms with E-state index in [2.05, 4.69) is 15.6 Å². The van der Waals surface area contributed by atoms with Gasteiger partial charge in [0.25, 0.3) is 0 Å². The zero-order valence-electron chi connectivity index (χ0n) is 38.1. The first kappa shape index (κ1) is 50.8. The Kier molecular flexibility index (Phi) is 19.7. The number of likely N-dealkylation sites (tertiary alicyclic amines) is 1. The number of aliphatic carboxylic acids is 2. The molecule has 0 radical (unpaired) electrons. The fourth-order valence-electron chi connectivity index (χ4n) is 8.93. The number of amides is 4. The summed E-state index contributed by atoms with van der Waals surface area (Å²) >= 11 is 0. The lowest BCUT2D eigenvalue weighted by atomic mass is 9.89. The quantitative estimate of drug-likeness (QED) is 0.0958. The molecule has 342 valence electrons. The molecule has 0 unspecified atom stereocenters. The average Bonchev–Trinajstić information content (AvgIpc) is 3.86. The van der Waals surface area contributed by atoms with Crippen LogP contribution in [0.3, 0.4) is 0 Å². The highest BCUT2D eigenvalue weighted by atomic mass is 16.5. The van der Waals surface area contributed by atoms with Gasteiger partial charge >= 0.3 is 11.9 Å². The lowest BCUT2D eigenvalue weighted by molar-refractivity contribution is -0.148. The third kappa shape index (κ3) is 13.2. The van der Waals surface area contributed by atoms with Crippen LogP contribution in [-0.4, -0.2) is 149 Å². The van der Waals surface area contributed by atoms with Crippen molar-refractivity contribution >= 4 is 46.5 Å². The predicted molar refractivity (Wildman–Crippen MR) is 233 cm³/mol. The van der Waals surface area contributed by atoms with Crippen molar-refractivity contribution in [1.82, 2.24) is 30.3 Å². The molecule has 5 N–H and O–H groups in total. The van der Waals surface area contributed by atoms with Crippen molar-refractivity contribution in [1.29, 1.82) is 0 Å². The van der Waals surface area contributed by atoms with Crippen LogP contribution in [0.2, 0.25) is 0 Å². The third-order valence-electron chi connectivity index (χ3n) is 12.5. The van der Waals surface area contributed by atoms with Crippen LogP contribution in [0.5, 0.6) is 0 Å². The molecule has 0 saturated carbocycles. The van der Waals surface area contributed by atoms with E-state index >= 15 is 0 Å². The van der Waals surface area contributed by atoms with Gasteiger partial charge in [0.05, 0.1) is 42.7 Å². The topological polar surface area (TPSA) is 211 Å². The second kappa shape index (κ2) is 23.6. The number of aromatic nitrogens is 1. The molecule has 2 heterocycles. The van der Waals surface area contributed by atoms with E-state index in [-0.39, 0.29) is 54.7 Å². The molecule has 2 aromatic rings. The lowest BCUT2D eigenvalue weighted by Crippen LogP contribution is -2.60.